The van der Waals surface area contributed by atoms with E-state index in [0.29, 0.717) is 11.4 Å². The Labute approximate surface area is 109 Å². The average molecular weight is 268 g/mol. The van der Waals surface area contributed by atoms with Crippen LogP contribution in [0.5, 0.6) is 0 Å². The van der Waals surface area contributed by atoms with Crippen molar-refractivity contribution in [2.75, 3.05) is 5.32 Å². The Kier molecular flexibility index (Phi) is 3.16. The lowest BCUT2D eigenvalue weighted by molar-refractivity contribution is 0.468. The summed E-state index contributed by atoms with van der Waals surface area (Å²) >= 11 is 7.80. The second-order valence-electron chi connectivity index (χ2n) is 4.45. The summed E-state index contributed by atoms with van der Waals surface area (Å²) in [6.07, 6.45) is 6.08. The van der Waals surface area contributed by atoms with Gasteiger partial charge in [0.15, 0.2) is 0 Å². The zero-order valence-corrected chi connectivity index (χ0v) is 11.0. The molecule has 0 bridgehead atoms. The van der Waals surface area contributed by atoms with Crippen LogP contribution in [0.2, 0.25) is 0 Å². The van der Waals surface area contributed by atoms with Crippen LogP contribution >= 0.6 is 22.9 Å². The van der Waals surface area contributed by atoms with Crippen LogP contribution in [0, 0.1) is 0 Å². The number of anilines is 1. The van der Waals surface area contributed by atoms with Crippen LogP contribution in [0.15, 0.2) is 17.8 Å². The highest BCUT2D eigenvalue weighted by Crippen LogP contribution is 2.29. The first-order valence-corrected chi connectivity index (χ1v) is 7.23. The molecule has 2 aromatic heterocycles. The number of nitrogens with zero attached hydrogens (tertiary/aromatic N) is 2. The van der Waals surface area contributed by atoms with Gasteiger partial charge in [-0.3, -0.25) is 0 Å². The summed E-state index contributed by atoms with van der Waals surface area (Å²) in [4.78, 5) is 8.59. The Morgan fingerprint density at radius 3 is 2.88 bits per heavy atom. The van der Waals surface area contributed by atoms with Gasteiger partial charge in [-0.1, -0.05) is 0 Å². The molecule has 90 valence electrons. The maximum absolute atomic E-state index is 6.11. The fourth-order valence-corrected chi connectivity index (χ4v) is 3.33. The number of halogens is 1. The Hall–Kier alpha value is -0.870. The van der Waals surface area contributed by atoms with E-state index in [4.69, 9.17) is 11.6 Å². The first kappa shape index (κ1) is 11.2. The molecule has 1 aliphatic rings. The molecular weight excluding hydrogens is 254 g/mol. The van der Waals surface area contributed by atoms with Gasteiger partial charge in [-0.2, -0.15) is 0 Å². The van der Waals surface area contributed by atoms with Gasteiger partial charge in [0, 0.05) is 11.4 Å². The summed E-state index contributed by atoms with van der Waals surface area (Å²) in [6, 6.07) is 2.54. The highest BCUT2D eigenvalue weighted by Gasteiger charge is 2.20. The highest BCUT2D eigenvalue weighted by atomic mass is 35.5. The minimum Gasteiger partial charge on any atom is -0.366 e. The van der Waals surface area contributed by atoms with E-state index < -0.39 is 0 Å². The third-order valence-electron chi connectivity index (χ3n) is 3.24. The van der Waals surface area contributed by atoms with Crippen molar-refractivity contribution in [2.24, 2.45) is 0 Å². The Morgan fingerprint density at radius 1 is 1.24 bits per heavy atom. The summed E-state index contributed by atoms with van der Waals surface area (Å²) in [6.45, 7) is 0. The van der Waals surface area contributed by atoms with Crippen molar-refractivity contribution in [1.82, 2.24) is 9.97 Å². The number of hydrogen-bond donors (Lipinski definition) is 1. The molecule has 0 atom stereocenters. The van der Waals surface area contributed by atoms with Crippen LogP contribution in [-0.2, 0) is 0 Å². The molecule has 3 nitrogen and oxygen atoms in total. The van der Waals surface area contributed by atoms with E-state index in [-0.39, 0.29) is 0 Å². The van der Waals surface area contributed by atoms with E-state index in [0.717, 1.165) is 41.7 Å². The maximum atomic E-state index is 6.11. The highest BCUT2D eigenvalue weighted by molar-refractivity contribution is 7.17. The molecule has 1 aliphatic carbocycles. The first-order chi connectivity index (χ1) is 8.33. The predicted octanol–water partition coefficient (Wildman–Crippen LogP) is 3.65. The molecule has 0 radical (unpaired) electrons. The molecule has 0 amide bonds. The topological polar surface area (TPSA) is 37.8 Å². The smallest absolute Gasteiger partial charge is 0.147 e. The fourth-order valence-electron chi connectivity index (χ4n) is 2.28. The number of fused-ring (bicyclic) bond motifs is 1. The minimum absolute atomic E-state index is 0.361. The molecule has 1 fully saturated rings. The van der Waals surface area contributed by atoms with E-state index in [1.807, 2.05) is 6.07 Å². The van der Waals surface area contributed by atoms with E-state index in [1.54, 1.807) is 17.7 Å². The van der Waals surface area contributed by atoms with E-state index in [2.05, 4.69) is 20.7 Å². The Bertz CT molecular complexity index is 505. The number of aromatic nitrogens is 2. The number of alkyl halides is 1. The fraction of sp³-hybridized carbons (Fsp3) is 0.500. The molecule has 1 N–H and O–H groups in total. The second kappa shape index (κ2) is 4.78. The minimum atomic E-state index is 0.361. The quantitative estimate of drug-likeness (QED) is 0.844. The standard InChI is InChI=1S/C12H14ClN3S/c13-8-1-3-9(4-2-8)16-12-11-10(5-6-17-11)14-7-15-12/h5-9H,1-4H2,(H,14,15,16). The third-order valence-corrected chi connectivity index (χ3v) is 4.59. The lowest BCUT2D eigenvalue weighted by atomic mass is 9.95. The number of hydrogen-bond acceptors (Lipinski definition) is 4. The van der Waals surface area contributed by atoms with Gasteiger partial charge in [0.2, 0.25) is 0 Å². The van der Waals surface area contributed by atoms with E-state index in [1.165, 1.54) is 0 Å². The maximum Gasteiger partial charge on any atom is 0.147 e. The Balaban J connectivity index is 1.78. The van der Waals surface area contributed by atoms with Crippen molar-refractivity contribution in [3.05, 3.63) is 17.8 Å². The summed E-state index contributed by atoms with van der Waals surface area (Å²) in [5.74, 6) is 0.975. The molecule has 5 heteroatoms. The molecule has 0 unspecified atom stereocenters. The lowest BCUT2D eigenvalue weighted by Gasteiger charge is -2.26. The number of thiophene rings is 1. The molecule has 0 aliphatic heterocycles. The van der Waals surface area contributed by atoms with Crippen LogP contribution in [0.4, 0.5) is 5.82 Å². The second-order valence-corrected chi connectivity index (χ2v) is 5.98. The van der Waals surface area contributed by atoms with E-state index in [9.17, 15) is 0 Å². The predicted molar refractivity (Wildman–Crippen MR) is 72.9 cm³/mol. The van der Waals surface area contributed by atoms with E-state index >= 15 is 0 Å². The zero-order valence-electron chi connectivity index (χ0n) is 9.40. The lowest BCUT2D eigenvalue weighted by Crippen LogP contribution is -2.26. The Morgan fingerprint density at radius 2 is 2.06 bits per heavy atom. The van der Waals surface area contributed by atoms with Gasteiger partial charge in [-0.05, 0) is 37.1 Å². The summed E-state index contributed by atoms with van der Waals surface area (Å²) in [7, 11) is 0. The van der Waals surface area contributed by atoms with Gasteiger partial charge in [0.05, 0.1) is 10.2 Å². The number of rotatable bonds is 2. The van der Waals surface area contributed by atoms with Gasteiger partial charge < -0.3 is 5.32 Å². The molecule has 0 aromatic carbocycles. The molecular formula is C12H14ClN3S. The van der Waals surface area contributed by atoms with Crippen molar-refractivity contribution < 1.29 is 0 Å². The summed E-state index contributed by atoms with van der Waals surface area (Å²) < 4.78 is 1.15. The van der Waals surface area contributed by atoms with Crippen LogP contribution in [0.25, 0.3) is 10.2 Å². The monoisotopic (exact) mass is 267 g/mol. The molecule has 0 saturated heterocycles. The SMILES string of the molecule is ClC1CCC(Nc2ncnc3ccsc23)CC1. The zero-order chi connectivity index (χ0) is 11.7. The third kappa shape index (κ3) is 2.38. The van der Waals surface area contributed by atoms with Gasteiger partial charge in [-0.15, -0.1) is 22.9 Å². The van der Waals surface area contributed by atoms with Gasteiger partial charge >= 0.3 is 0 Å². The average Bonchev–Trinajstić information content (AvgIpc) is 2.81. The normalized spacial score (nSPS) is 25.0. The van der Waals surface area contributed by atoms with Crippen LogP contribution in [0.3, 0.4) is 0 Å². The van der Waals surface area contributed by atoms with Crippen LogP contribution in [0.1, 0.15) is 25.7 Å². The molecule has 2 heterocycles. The summed E-state index contributed by atoms with van der Waals surface area (Å²) in [5.41, 5.74) is 1.03. The van der Waals surface area contributed by atoms with Crippen molar-refractivity contribution in [2.45, 2.75) is 37.1 Å². The van der Waals surface area contributed by atoms with Gasteiger partial charge in [0.1, 0.15) is 12.1 Å². The van der Waals surface area contributed by atoms with Crippen LogP contribution in [-0.4, -0.2) is 21.4 Å². The number of nitrogens with one attached hydrogen (secondary N) is 1. The van der Waals surface area contributed by atoms with Gasteiger partial charge in [0.25, 0.3) is 0 Å². The molecule has 2 aromatic rings. The van der Waals surface area contributed by atoms with Gasteiger partial charge in [-0.25, -0.2) is 9.97 Å². The first-order valence-electron chi connectivity index (χ1n) is 5.92. The van der Waals surface area contributed by atoms with Crippen LogP contribution < -0.4 is 5.32 Å². The molecule has 17 heavy (non-hydrogen) atoms. The molecule has 1 saturated carbocycles. The van der Waals surface area contributed by atoms with Crippen molar-refractivity contribution in [3.8, 4) is 0 Å². The molecule has 3 rings (SSSR count). The summed E-state index contributed by atoms with van der Waals surface area (Å²) in [5, 5.41) is 5.95. The van der Waals surface area contributed by atoms with Crippen molar-refractivity contribution in [1.29, 1.82) is 0 Å². The molecule has 0 spiro atoms. The van der Waals surface area contributed by atoms with Crippen molar-refractivity contribution >= 4 is 39.0 Å². The van der Waals surface area contributed by atoms with Crippen molar-refractivity contribution in [3.63, 3.8) is 0 Å². The largest absolute Gasteiger partial charge is 0.366 e.